The number of carbonyl (C=O) groups is 21. The van der Waals surface area contributed by atoms with Crippen molar-refractivity contribution in [1.82, 2.24) is 89.3 Å². The highest BCUT2D eigenvalue weighted by Crippen LogP contribution is 2.25. The molecule has 18 atom stereocenters. The number of hydrogen-bond acceptors (Lipinski definition) is 25. The molecule has 48 heteroatoms. The van der Waals surface area contributed by atoms with Crippen molar-refractivity contribution in [3.63, 3.8) is 0 Å². The van der Waals surface area contributed by atoms with Crippen LogP contribution in [-0.2, 0) is 114 Å². The molecule has 2 aromatic carbocycles. The Morgan fingerprint density at radius 3 is 1.22 bits per heavy atom. The van der Waals surface area contributed by atoms with Gasteiger partial charge in [-0.15, -0.1) is 0 Å². The molecule has 1 aliphatic rings. The van der Waals surface area contributed by atoms with E-state index in [1.165, 1.54) is 13.8 Å². The predicted octanol–water partition coefficient (Wildman–Crippen LogP) is -3.58. The largest absolute Gasteiger partial charge is 0.481 e. The molecule has 1 saturated heterocycles. The van der Waals surface area contributed by atoms with Crippen LogP contribution in [0, 0.1) is 29.6 Å². The Labute approximate surface area is 802 Å². The summed E-state index contributed by atoms with van der Waals surface area (Å²) in [5.41, 5.74) is 30.8. The molecule has 18 amide bonds. The van der Waals surface area contributed by atoms with Crippen LogP contribution in [0.15, 0.2) is 60.9 Å². The van der Waals surface area contributed by atoms with Crippen molar-refractivity contribution in [3.05, 3.63) is 72.1 Å². The molecule has 29 N–H and O–H groups in total. The molecule has 0 saturated carbocycles. The lowest BCUT2D eigenvalue weighted by Gasteiger charge is -2.31. The number of nitrogens with two attached hydrogens (primary N) is 5. The summed E-state index contributed by atoms with van der Waals surface area (Å²) in [5.74, 6) is -27.0. The number of aliphatic carboxylic acids is 3. The third-order valence-corrected chi connectivity index (χ3v) is 24.0. The van der Waals surface area contributed by atoms with Crippen LogP contribution in [0.25, 0.3) is 21.8 Å². The van der Waals surface area contributed by atoms with Gasteiger partial charge in [-0.1, -0.05) is 118 Å². The van der Waals surface area contributed by atoms with Gasteiger partial charge in [-0.2, -0.15) is 25.3 Å². The number of likely N-dealkylation sites (tertiary alicyclic amines) is 1. The smallest absolute Gasteiger partial charge is 0.326 e. The number of rotatable bonds is 60. The minimum atomic E-state index is -1.99. The lowest BCUT2D eigenvalue weighted by Crippen LogP contribution is -2.62. The van der Waals surface area contributed by atoms with Crippen molar-refractivity contribution in [2.45, 2.75) is 275 Å². The predicted molar refractivity (Wildman–Crippen MR) is 505 cm³/mol. The average molecular weight is 1960 g/mol. The number of primary amides is 3. The highest BCUT2D eigenvalue weighted by molar-refractivity contribution is 7.80. The van der Waals surface area contributed by atoms with Crippen LogP contribution in [0.3, 0.4) is 0 Å². The van der Waals surface area contributed by atoms with Gasteiger partial charge >= 0.3 is 17.9 Å². The number of carboxylic acid groups (broad SMARTS) is 3. The molecule has 2 aromatic heterocycles. The van der Waals surface area contributed by atoms with E-state index >= 15 is 4.79 Å². The quantitative estimate of drug-likeness (QED) is 0.0150. The van der Waals surface area contributed by atoms with Gasteiger partial charge in [0.1, 0.15) is 90.6 Å². The van der Waals surface area contributed by atoms with Gasteiger partial charge in [0.25, 0.3) is 0 Å². The molecule has 0 radical (unpaired) electrons. The van der Waals surface area contributed by atoms with Crippen LogP contribution in [0.5, 0.6) is 0 Å². The molecular weight excluding hydrogens is 1830 g/mol. The Hall–Kier alpha value is -13.0. The first-order valence-electron chi connectivity index (χ1n) is 45.4. The topological polar surface area (TPSA) is 753 Å². The molecule has 46 nitrogen and oxygen atoms in total. The Bertz CT molecular complexity index is 4950. The first kappa shape index (κ1) is 115. The third kappa shape index (κ3) is 35.9. The van der Waals surface area contributed by atoms with Crippen LogP contribution in [0.4, 0.5) is 0 Å². The highest BCUT2D eigenvalue weighted by Gasteiger charge is 2.44. The van der Waals surface area contributed by atoms with Gasteiger partial charge in [0.05, 0.1) is 25.3 Å². The minimum Gasteiger partial charge on any atom is -0.481 e. The molecular formula is C89H134N22O24S2. The molecule has 4 aromatic rings. The van der Waals surface area contributed by atoms with E-state index in [1.807, 2.05) is 0 Å². The van der Waals surface area contributed by atoms with Crippen molar-refractivity contribution in [3.8, 4) is 0 Å². The number of carboxylic acids is 3. The molecule has 0 spiro atoms. The van der Waals surface area contributed by atoms with Gasteiger partial charge in [-0.05, 0) is 111 Å². The normalized spacial score (nSPS) is 16.2. The number of nitrogens with zero attached hydrogens (tertiary/aromatic N) is 1. The van der Waals surface area contributed by atoms with Crippen LogP contribution in [0.1, 0.15) is 177 Å². The van der Waals surface area contributed by atoms with Crippen molar-refractivity contribution < 1.29 is 116 Å². The Morgan fingerprint density at radius 1 is 0.416 bits per heavy atom. The molecule has 0 bridgehead atoms. The second kappa shape index (κ2) is 55.9. The van der Waals surface area contributed by atoms with Crippen molar-refractivity contribution in [2.75, 3.05) is 24.6 Å². The van der Waals surface area contributed by atoms with Gasteiger partial charge in [0.2, 0.25) is 106 Å². The van der Waals surface area contributed by atoms with Crippen LogP contribution in [0.2, 0.25) is 0 Å². The molecule has 1 fully saturated rings. The Kier molecular flexibility index (Phi) is 46.7. The summed E-state index contributed by atoms with van der Waals surface area (Å²) < 4.78 is 0. The third-order valence-electron chi connectivity index (χ3n) is 23.3. The maximum Gasteiger partial charge on any atom is 0.326 e. The van der Waals surface area contributed by atoms with E-state index in [0.717, 1.165) is 4.90 Å². The first-order valence-corrected chi connectivity index (χ1v) is 46.7. The second-order valence-electron chi connectivity index (χ2n) is 35.2. The lowest BCUT2D eigenvalue weighted by atomic mass is 9.95. The fraction of sp³-hybridized carbons (Fsp3) is 0.584. The fourth-order valence-corrected chi connectivity index (χ4v) is 15.7. The molecule has 0 unspecified atom stereocenters. The Balaban J connectivity index is 1.37. The van der Waals surface area contributed by atoms with E-state index in [9.17, 15) is 111 Å². The highest BCUT2D eigenvalue weighted by atomic mass is 32.1. The molecule has 0 aliphatic carbocycles. The maximum absolute atomic E-state index is 15.1. The number of hydrogen-bond donors (Lipinski definition) is 26. The number of carbonyl (C=O) groups excluding carboxylic acids is 18. The molecule has 137 heavy (non-hydrogen) atoms. The first-order chi connectivity index (χ1) is 64.6. The summed E-state index contributed by atoms with van der Waals surface area (Å²) >= 11 is 8.58. The van der Waals surface area contributed by atoms with E-state index in [2.05, 4.69) is 110 Å². The number of thiol groups is 2. The monoisotopic (exact) mass is 1960 g/mol. The van der Waals surface area contributed by atoms with E-state index in [1.54, 1.807) is 116 Å². The van der Waals surface area contributed by atoms with Crippen molar-refractivity contribution >= 4 is 171 Å². The summed E-state index contributed by atoms with van der Waals surface area (Å²) in [4.78, 5) is 297. The van der Waals surface area contributed by atoms with Gasteiger partial charge in [0.15, 0.2) is 0 Å². The number of amides is 18. The van der Waals surface area contributed by atoms with Gasteiger partial charge in [-0.25, -0.2) is 4.79 Å². The number of para-hydroxylation sites is 2. The summed E-state index contributed by atoms with van der Waals surface area (Å²) in [6, 6.07) is -11.7. The number of unbranched alkanes of at least 4 members (excludes halogenated alkanes) is 1. The number of benzene rings is 2. The SMILES string of the molecule is CC[C@H](C)[C@H](NC(=O)[C@H](Cc1c[nH]c2ccccc12)NC(=O)[C@H](CCC(N)=O)NC(=O)[C@H](CC(N)=O)NC(=O)[C@H](CCCCN)NC(=O)[C@@H](NC(=O)[C@@H](NC(=O)[C@H](CCC(=O)O)NC(=O)[C@H](CS)NC(=O)[C@@H](NC(=O)[C@H](Cc1c[nH]c2ccccc12)NC(=O)[C@@H](N)CC(=O)O)C(C)C)[C@@H](C)CC)C(C)C)C(=O)N[C@@H](CS)C(=O)N[C@@H](CC(N)=O)C(=O)N1CCC[C@H]1C(=O)N[C@@H](CC(C)C)C(=O)O. The van der Waals surface area contributed by atoms with E-state index < -0.39 is 301 Å². The van der Waals surface area contributed by atoms with Crippen molar-refractivity contribution in [1.29, 1.82) is 0 Å². The molecule has 756 valence electrons. The van der Waals surface area contributed by atoms with Crippen molar-refractivity contribution in [2.24, 2.45) is 58.3 Å². The zero-order chi connectivity index (χ0) is 103. The fourth-order valence-electron chi connectivity index (χ4n) is 15.2. The maximum atomic E-state index is 15.1. The van der Waals surface area contributed by atoms with Gasteiger partial charge < -0.3 is 133 Å². The van der Waals surface area contributed by atoms with Crippen LogP contribution < -0.4 is 103 Å². The average Bonchev–Trinajstić information content (AvgIpc) is 1.69. The zero-order valence-corrected chi connectivity index (χ0v) is 80.2. The van der Waals surface area contributed by atoms with Gasteiger partial charge in [-0.3, -0.25) is 95.9 Å². The molecule has 3 heterocycles. The summed E-state index contributed by atoms with van der Waals surface area (Å²) in [6.07, 6.45) is -1.54. The molecule has 5 rings (SSSR count). The van der Waals surface area contributed by atoms with Crippen LogP contribution in [-0.4, -0.2) is 276 Å². The lowest BCUT2D eigenvalue weighted by molar-refractivity contribution is -0.145. The summed E-state index contributed by atoms with van der Waals surface area (Å²) in [7, 11) is 0. The number of aromatic amines is 2. The second-order valence-corrected chi connectivity index (χ2v) is 36.0. The molecule has 1 aliphatic heterocycles. The Morgan fingerprint density at radius 2 is 0.788 bits per heavy atom. The summed E-state index contributed by atoms with van der Waals surface area (Å²) in [6.45, 7) is 16.1. The van der Waals surface area contributed by atoms with E-state index in [0.29, 0.717) is 32.9 Å². The summed E-state index contributed by atoms with van der Waals surface area (Å²) in [5, 5.41) is 65.5. The zero-order valence-electron chi connectivity index (χ0n) is 78.4. The van der Waals surface area contributed by atoms with Crippen LogP contribution >= 0.6 is 25.3 Å². The van der Waals surface area contributed by atoms with E-state index in [-0.39, 0.29) is 83.2 Å². The van der Waals surface area contributed by atoms with Gasteiger partial charge in [0, 0.05) is 77.9 Å². The van der Waals surface area contributed by atoms with E-state index in [4.69, 9.17) is 28.7 Å². The minimum absolute atomic E-state index is 0.0317. The number of aromatic nitrogens is 2. The number of fused-ring (bicyclic) bond motifs is 2. The standard InChI is InChI=1S/C89H134N22O24S2/c1-11-45(9)72(86(131)106-63(41-137)82(127)103-60(37-67(94)114)88(133)111-31-19-25-64(111)83(128)104-61(89(134)135)32-42(3)4)110-80(125)58(34-48-39-96-53-23-16-14-21-50(48)53)101-76(121)55(26-28-65(92)112)97-78(123)59(36-66(93)113)102-75(120)54(24-17-18-30-90)99-84(129)71(44(7)8)108-87(132)73(46(10)12-2)109-77(122)56(27-29-68(115)116)98-81(126)62(40-136)105-85(130)70(43(5)6)107-79(124)57(100-74(119)51(91)35-69(117)118)33-47-38-95-52-22-15-13-20-49(47)52/h13-16,20-23,38-39,42-46,51,54-64,70-73,95-96,136-137H,11-12,17-19,24-37,40-41,90-91H2,1-10H3,(H2,92,112)(H2,93,113)(H2,94,114)(H,97,123)(H,98,126)(H,99,129)(H,100,119)(H,101,121)(H,102,120)(H,103,127)(H,104,128)(H,105,130)(H,106,131)(H,107,124)(H,108,132)(H,109,122)(H,110,125)(H,115,116)(H,117,118)(H,134,135)/t45-,46-,51-,54-,55-,56-,57-,58-,59-,60-,61-,62-,63-,64-,70-,71-,72-,73-/m0/s1. The number of nitrogens with one attached hydrogen (secondary N) is 16. The number of H-pyrrole nitrogens is 2.